The van der Waals surface area contributed by atoms with E-state index in [-0.39, 0.29) is 44.1 Å². The molecule has 0 aliphatic carbocycles. The molecule has 0 saturated carbocycles. The van der Waals surface area contributed by atoms with Crippen molar-refractivity contribution in [2.75, 3.05) is 19.6 Å². The minimum atomic E-state index is -1.00. The summed E-state index contributed by atoms with van der Waals surface area (Å²) in [5.41, 5.74) is 5.60. The first-order chi connectivity index (χ1) is 24.2. The second-order valence-corrected chi connectivity index (χ2v) is 13.6. The van der Waals surface area contributed by atoms with Crippen LogP contribution < -0.4 is 5.32 Å². The molecule has 262 valence electrons. The van der Waals surface area contributed by atoms with E-state index in [0.717, 1.165) is 52.0 Å². The molecule has 3 unspecified atom stereocenters. The Labute approximate surface area is 297 Å². The fraction of sp³-hybridized carbons (Fsp3) is 0.350. The Bertz CT molecular complexity index is 1740. The standard InChI is InChI=1S/C40H43ClN2O7/c41-33-15-13-32(14-16-33)40(48)19-21-43(22-20-40)25-34-23-36(29-7-5-27(26-44)6-8-29)50-39(49-34)30-11-9-28(10-12-30)35-4-2-1-3-31(35)24-42-37(45)17-18-38(46)47/h1-16,34,36,39,44,48H,17-26H2,(H,42,45)(H,46,47). The van der Waals surface area contributed by atoms with Gasteiger partial charge in [-0.2, -0.15) is 0 Å². The number of carbonyl (C=O) groups is 2. The van der Waals surface area contributed by atoms with Gasteiger partial charge in [-0.05, 0) is 58.4 Å². The summed E-state index contributed by atoms with van der Waals surface area (Å²) >= 11 is 6.08. The molecule has 4 aromatic rings. The van der Waals surface area contributed by atoms with Crippen LogP contribution in [-0.4, -0.2) is 57.8 Å². The van der Waals surface area contributed by atoms with E-state index in [0.29, 0.717) is 30.8 Å². The number of nitrogens with one attached hydrogen (secondary N) is 1. The van der Waals surface area contributed by atoms with Gasteiger partial charge < -0.3 is 35.0 Å². The maximum absolute atomic E-state index is 12.2. The summed E-state index contributed by atoms with van der Waals surface area (Å²) in [6, 6.07) is 31.1. The van der Waals surface area contributed by atoms with Gasteiger partial charge in [0.2, 0.25) is 5.91 Å². The number of carbonyl (C=O) groups excluding carboxylic acids is 1. The third-order valence-electron chi connectivity index (χ3n) is 9.69. The Morgan fingerprint density at radius 1 is 0.860 bits per heavy atom. The quantitative estimate of drug-likeness (QED) is 0.132. The van der Waals surface area contributed by atoms with Crippen molar-refractivity contribution in [3.63, 3.8) is 0 Å². The fourth-order valence-corrected chi connectivity index (χ4v) is 6.88. The average molecular weight is 699 g/mol. The lowest BCUT2D eigenvalue weighted by atomic mass is 9.84. The molecule has 50 heavy (non-hydrogen) atoms. The molecule has 4 aromatic carbocycles. The van der Waals surface area contributed by atoms with Gasteiger partial charge in [-0.15, -0.1) is 0 Å². The summed E-state index contributed by atoms with van der Waals surface area (Å²) in [6.07, 6.45) is 0.674. The minimum Gasteiger partial charge on any atom is -0.481 e. The van der Waals surface area contributed by atoms with Crippen molar-refractivity contribution in [1.29, 1.82) is 0 Å². The number of carboxylic acids is 1. The molecule has 2 fully saturated rings. The van der Waals surface area contributed by atoms with Gasteiger partial charge >= 0.3 is 5.97 Å². The lowest BCUT2D eigenvalue weighted by Crippen LogP contribution is -2.46. The summed E-state index contributed by atoms with van der Waals surface area (Å²) < 4.78 is 13.2. The maximum Gasteiger partial charge on any atom is 0.303 e. The fourth-order valence-electron chi connectivity index (χ4n) is 6.75. The zero-order chi connectivity index (χ0) is 35.1. The van der Waals surface area contributed by atoms with Crippen LogP contribution in [0, 0.1) is 0 Å². The molecule has 2 aliphatic rings. The first-order valence-corrected chi connectivity index (χ1v) is 17.4. The van der Waals surface area contributed by atoms with Crippen LogP contribution in [0.3, 0.4) is 0 Å². The second-order valence-electron chi connectivity index (χ2n) is 13.1. The predicted molar refractivity (Wildman–Crippen MR) is 190 cm³/mol. The molecule has 2 saturated heterocycles. The van der Waals surface area contributed by atoms with E-state index in [2.05, 4.69) is 10.2 Å². The molecule has 0 aromatic heterocycles. The number of hydrogen-bond donors (Lipinski definition) is 4. The first kappa shape index (κ1) is 35.7. The van der Waals surface area contributed by atoms with Gasteiger partial charge in [0.05, 0.1) is 30.8 Å². The summed E-state index contributed by atoms with van der Waals surface area (Å²) in [7, 11) is 0. The van der Waals surface area contributed by atoms with Gasteiger partial charge in [-0.1, -0.05) is 96.5 Å². The Balaban J connectivity index is 1.15. The largest absolute Gasteiger partial charge is 0.481 e. The van der Waals surface area contributed by atoms with E-state index in [4.69, 9.17) is 26.2 Å². The van der Waals surface area contributed by atoms with E-state index < -0.39 is 17.9 Å². The molecule has 9 nitrogen and oxygen atoms in total. The number of aliphatic hydroxyl groups is 2. The molecule has 0 radical (unpaired) electrons. The summed E-state index contributed by atoms with van der Waals surface area (Å²) in [4.78, 5) is 25.4. The number of nitrogens with zero attached hydrogens (tertiary/aromatic N) is 1. The maximum atomic E-state index is 12.2. The Morgan fingerprint density at radius 2 is 1.54 bits per heavy atom. The van der Waals surface area contributed by atoms with Gasteiger partial charge in [0.25, 0.3) is 0 Å². The van der Waals surface area contributed by atoms with Crippen LogP contribution >= 0.6 is 11.6 Å². The number of amides is 1. The van der Waals surface area contributed by atoms with E-state index in [1.54, 1.807) is 0 Å². The molecular weight excluding hydrogens is 656 g/mol. The third kappa shape index (κ3) is 8.98. The van der Waals surface area contributed by atoms with Crippen LogP contribution in [0.5, 0.6) is 0 Å². The Kier molecular flexibility index (Phi) is 11.6. The summed E-state index contributed by atoms with van der Waals surface area (Å²) in [6.45, 7) is 2.43. The first-order valence-electron chi connectivity index (χ1n) is 17.1. The molecule has 10 heteroatoms. The Hall–Kier alpha value is -4.09. The molecule has 4 N–H and O–H groups in total. The summed E-state index contributed by atoms with van der Waals surface area (Å²) in [5, 5.41) is 33.4. The molecule has 6 rings (SSSR count). The molecular formula is C40H43ClN2O7. The normalized spacial score (nSPS) is 20.7. The van der Waals surface area contributed by atoms with Gasteiger partial charge in [0.1, 0.15) is 0 Å². The summed E-state index contributed by atoms with van der Waals surface area (Å²) in [5.74, 6) is -1.31. The van der Waals surface area contributed by atoms with E-state index >= 15 is 0 Å². The number of carboxylic acid groups (broad SMARTS) is 1. The van der Waals surface area contributed by atoms with Crippen LogP contribution in [0.4, 0.5) is 0 Å². The third-order valence-corrected chi connectivity index (χ3v) is 9.95. The van der Waals surface area contributed by atoms with Crippen molar-refractivity contribution in [2.24, 2.45) is 0 Å². The van der Waals surface area contributed by atoms with Crippen molar-refractivity contribution >= 4 is 23.5 Å². The van der Waals surface area contributed by atoms with Gasteiger partial charge in [-0.3, -0.25) is 9.59 Å². The van der Waals surface area contributed by atoms with Crippen LogP contribution in [0.1, 0.15) is 72.3 Å². The topological polar surface area (TPSA) is 129 Å². The van der Waals surface area contributed by atoms with Crippen LogP contribution in [0.15, 0.2) is 97.1 Å². The van der Waals surface area contributed by atoms with Crippen LogP contribution in [0.2, 0.25) is 5.02 Å². The zero-order valence-corrected chi connectivity index (χ0v) is 28.6. The number of aliphatic hydroxyl groups excluding tert-OH is 1. The molecule has 2 aliphatic heterocycles. The lowest BCUT2D eigenvalue weighted by Gasteiger charge is -2.42. The molecule has 0 spiro atoms. The van der Waals surface area contributed by atoms with Crippen molar-refractivity contribution in [3.05, 3.63) is 130 Å². The highest BCUT2D eigenvalue weighted by atomic mass is 35.5. The van der Waals surface area contributed by atoms with Crippen molar-refractivity contribution in [2.45, 2.75) is 69.4 Å². The average Bonchev–Trinajstić information content (AvgIpc) is 3.14. The van der Waals surface area contributed by atoms with E-state index in [1.165, 1.54) is 0 Å². The van der Waals surface area contributed by atoms with Crippen molar-refractivity contribution in [3.8, 4) is 11.1 Å². The van der Waals surface area contributed by atoms with Gasteiger partial charge in [-0.25, -0.2) is 0 Å². The SMILES string of the molecule is O=C(O)CCC(=O)NCc1ccccc1-c1ccc(C2OC(CN3CCC(O)(c4ccc(Cl)cc4)CC3)CC(c3ccc(CO)cc3)O2)cc1. The molecule has 0 bridgehead atoms. The highest BCUT2D eigenvalue weighted by Crippen LogP contribution is 2.40. The number of aliphatic carboxylic acids is 1. The van der Waals surface area contributed by atoms with Gasteiger partial charge in [0, 0.05) is 49.6 Å². The van der Waals surface area contributed by atoms with E-state index in [9.17, 15) is 19.8 Å². The number of ether oxygens (including phenoxy) is 2. The lowest BCUT2D eigenvalue weighted by molar-refractivity contribution is -0.253. The number of benzene rings is 4. The number of rotatable bonds is 12. The monoisotopic (exact) mass is 698 g/mol. The minimum absolute atomic E-state index is 0.0237. The highest BCUT2D eigenvalue weighted by molar-refractivity contribution is 6.30. The number of hydrogen-bond acceptors (Lipinski definition) is 7. The van der Waals surface area contributed by atoms with E-state index in [1.807, 2.05) is 97.1 Å². The Morgan fingerprint density at radius 3 is 2.22 bits per heavy atom. The molecule has 1 amide bonds. The van der Waals surface area contributed by atoms with Crippen molar-refractivity contribution < 1.29 is 34.4 Å². The predicted octanol–water partition coefficient (Wildman–Crippen LogP) is 6.51. The number of piperidine rings is 1. The zero-order valence-electron chi connectivity index (χ0n) is 27.8. The number of halogens is 1. The van der Waals surface area contributed by atoms with Crippen molar-refractivity contribution in [1.82, 2.24) is 10.2 Å². The number of likely N-dealkylation sites (tertiary alicyclic amines) is 1. The van der Waals surface area contributed by atoms with Crippen LogP contribution in [-0.2, 0) is 37.8 Å². The smallest absolute Gasteiger partial charge is 0.303 e. The van der Waals surface area contributed by atoms with Crippen LogP contribution in [0.25, 0.3) is 11.1 Å². The van der Waals surface area contributed by atoms with Gasteiger partial charge in [0.15, 0.2) is 6.29 Å². The second kappa shape index (κ2) is 16.3. The molecule has 2 heterocycles. The highest BCUT2D eigenvalue weighted by Gasteiger charge is 2.37. The molecule has 3 atom stereocenters.